The third kappa shape index (κ3) is 2.21. The number of nitrogens with zero attached hydrogens (tertiary/aromatic N) is 1. The van der Waals surface area contributed by atoms with Crippen molar-refractivity contribution in [3.63, 3.8) is 0 Å². The maximum atomic E-state index is 11.2. The number of ether oxygens (including phenoxy) is 2. The van der Waals surface area contributed by atoms with Gasteiger partial charge < -0.3 is 9.47 Å². The van der Waals surface area contributed by atoms with Crippen LogP contribution in [0.3, 0.4) is 0 Å². The van der Waals surface area contributed by atoms with Crippen LogP contribution in [0.25, 0.3) is 0 Å². The molecule has 0 bridgehead atoms. The fourth-order valence-corrected chi connectivity index (χ4v) is 1.31. The molecule has 1 rings (SSSR count). The number of cyclic esters (lactones) is 1. The Hall–Kier alpha value is -1.03. The van der Waals surface area contributed by atoms with Crippen molar-refractivity contribution in [1.82, 2.24) is 4.90 Å². The van der Waals surface area contributed by atoms with E-state index in [9.17, 15) is 4.79 Å². The summed E-state index contributed by atoms with van der Waals surface area (Å²) in [5.41, 5.74) is 0. The van der Waals surface area contributed by atoms with Crippen molar-refractivity contribution in [2.24, 2.45) is 0 Å². The van der Waals surface area contributed by atoms with Crippen LogP contribution in [0, 0.1) is 0 Å². The van der Waals surface area contributed by atoms with E-state index < -0.39 is 0 Å². The lowest BCUT2D eigenvalue weighted by molar-refractivity contribution is 0.0320. The number of amides is 1. The molecule has 1 saturated heterocycles. The SMILES string of the molecule is C/C=C\C(OC)N1C[C@@H](C)OC1=O. The molecule has 0 spiro atoms. The lowest BCUT2D eigenvalue weighted by Gasteiger charge is -2.20. The lowest BCUT2D eigenvalue weighted by atomic mass is 10.3. The molecule has 0 aromatic rings. The smallest absolute Gasteiger partial charge is 0.412 e. The summed E-state index contributed by atoms with van der Waals surface area (Å²) in [6.45, 7) is 4.33. The first-order valence-corrected chi connectivity index (χ1v) is 4.32. The zero-order valence-corrected chi connectivity index (χ0v) is 8.19. The first-order chi connectivity index (χ1) is 6.19. The van der Waals surface area contributed by atoms with Gasteiger partial charge in [-0.15, -0.1) is 0 Å². The monoisotopic (exact) mass is 185 g/mol. The molecule has 1 heterocycles. The molecular formula is C9H15NO3. The molecule has 4 nitrogen and oxygen atoms in total. The van der Waals surface area contributed by atoms with Gasteiger partial charge in [0.2, 0.25) is 0 Å². The van der Waals surface area contributed by atoms with Gasteiger partial charge in [0.25, 0.3) is 0 Å². The Labute approximate surface area is 78.1 Å². The Kier molecular flexibility index (Phi) is 3.31. The molecule has 4 heteroatoms. The Morgan fingerprint density at radius 1 is 1.77 bits per heavy atom. The first kappa shape index (κ1) is 10.1. The molecule has 1 amide bonds. The van der Waals surface area contributed by atoms with Crippen LogP contribution in [0.1, 0.15) is 13.8 Å². The minimum atomic E-state index is -0.308. The number of hydrogen-bond acceptors (Lipinski definition) is 3. The van der Waals surface area contributed by atoms with Gasteiger partial charge in [-0.25, -0.2) is 4.79 Å². The van der Waals surface area contributed by atoms with Gasteiger partial charge >= 0.3 is 6.09 Å². The van der Waals surface area contributed by atoms with Crippen LogP contribution >= 0.6 is 0 Å². The van der Waals surface area contributed by atoms with E-state index in [4.69, 9.17) is 9.47 Å². The minimum Gasteiger partial charge on any atom is -0.444 e. The molecule has 1 fully saturated rings. The largest absolute Gasteiger partial charge is 0.444 e. The Morgan fingerprint density at radius 3 is 2.85 bits per heavy atom. The molecule has 74 valence electrons. The first-order valence-electron chi connectivity index (χ1n) is 4.32. The van der Waals surface area contributed by atoms with E-state index in [1.165, 1.54) is 0 Å². The van der Waals surface area contributed by atoms with Crippen LogP contribution in [-0.4, -0.2) is 37.0 Å². The molecule has 0 aromatic carbocycles. The van der Waals surface area contributed by atoms with Gasteiger partial charge in [0.15, 0.2) is 6.23 Å². The summed E-state index contributed by atoms with van der Waals surface area (Å²) in [6.07, 6.45) is 3.01. The van der Waals surface area contributed by atoms with Crippen LogP contribution in [-0.2, 0) is 9.47 Å². The van der Waals surface area contributed by atoms with Gasteiger partial charge in [0.05, 0.1) is 6.54 Å². The maximum absolute atomic E-state index is 11.2. The van der Waals surface area contributed by atoms with E-state index in [0.717, 1.165) is 0 Å². The van der Waals surface area contributed by atoms with Crippen molar-refractivity contribution in [1.29, 1.82) is 0 Å². The average Bonchev–Trinajstić information content (AvgIpc) is 2.41. The highest BCUT2D eigenvalue weighted by molar-refractivity contribution is 5.70. The fourth-order valence-electron chi connectivity index (χ4n) is 1.31. The summed E-state index contributed by atoms with van der Waals surface area (Å²) in [5, 5.41) is 0. The molecule has 0 radical (unpaired) electrons. The molecule has 1 aliphatic rings. The molecule has 0 saturated carbocycles. The molecule has 0 N–H and O–H groups in total. The predicted molar refractivity (Wildman–Crippen MR) is 48.3 cm³/mol. The Balaban J connectivity index is 2.63. The highest BCUT2D eigenvalue weighted by Crippen LogP contribution is 2.15. The van der Waals surface area contributed by atoms with Crippen LogP contribution in [0.5, 0.6) is 0 Å². The van der Waals surface area contributed by atoms with Crippen molar-refractivity contribution >= 4 is 6.09 Å². The number of carbonyl (C=O) groups is 1. The topological polar surface area (TPSA) is 38.8 Å². The van der Waals surface area contributed by atoms with Gasteiger partial charge in [-0.2, -0.15) is 0 Å². The van der Waals surface area contributed by atoms with Gasteiger partial charge in [-0.3, -0.25) is 4.90 Å². The molecule has 13 heavy (non-hydrogen) atoms. The molecule has 2 atom stereocenters. The van der Waals surface area contributed by atoms with Gasteiger partial charge in [0.1, 0.15) is 6.10 Å². The highest BCUT2D eigenvalue weighted by atomic mass is 16.6. The predicted octanol–water partition coefficient (Wildman–Crippen LogP) is 1.38. The fraction of sp³-hybridized carbons (Fsp3) is 0.667. The normalized spacial score (nSPS) is 25.3. The molecule has 0 aliphatic carbocycles. The quantitative estimate of drug-likeness (QED) is 0.623. The second-order valence-electron chi connectivity index (χ2n) is 3.00. The summed E-state index contributed by atoms with van der Waals surface area (Å²) in [7, 11) is 1.57. The van der Waals surface area contributed by atoms with E-state index in [1.54, 1.807) is 12.0 Å². The Bertz CT molecular complexity index is 215. The van der Waals surface area contributed by atoms with Crippen molar-refractivity contribution < 1.29 is 14.3 Å². The number of allylic oxidation sites excluding steroid dienone is 1. The van der Waals surface area contributed by atoms with Gasteiger partial charge in [0, 0.05) is 7.11 Å². The van der Waals surface area contributed by atoms with Crippen molar-refractivity contribution in [2.75, 3.05) is 13.7 Å². The second-order valence-corrected chi connectivity index (χ2v) is 3.00. The highest BCUT2D eigenvalue weighted by Gasteiger charge is 2.32. The third-order valence-electron chi connectivity index (χ3n) is 1.90. The lowest BCUT2D eigenvalue weighted by Crippen LogP contribution is -2.36. The number of rotatable bonds is 3. The standard InChI is InChI=1S/C9H15NO3/c1-4-5-8(12-3)10-6-7(2)13-9(10)11/h4-5,7-8H,6H2,1-3H3/b5-4-/t7-,8?/m1/s1. The molecule has 1 aliphatic heterocycles. The molecule has 1 unspecified atom stereocenters. The summed E-state index contributed by atoms with van der Waals surface area (Å²) < 4.78 is 10.1. The van der Waals surface area contributed by atoms with E-state index in [1.807, 2.05) is 26.0 Å². The number of hydrogen-bond donors (Lipinski definition) is 0. The van der Waals surface area contributed by atoms with E-state index in [-0.39, 0.29) is 18.4 Å². The second kappa shape index (κ2) is 4.28. The zero-order valence-electron chi connectivity index (χ0n) is 8.19. The van der Waals surface area contributed by atoms with Crippen molar-refractivity contribution in [2.45, 2.75) is 26.2 Å². The van der Waals surface area contributed by atoms with Crippen LogP contribution in [0.2, 0.25) is 0 Å². The third-order valence-corrected chi connectivity index (χ3v) is 1.90. The van der Waals surface area contributed by atoms with E-state index in [2.05, 4.69) is 0 Å². The average molecular weight is 185 g/mol. The van der Waals surface area contributed by atoms with Crippen LogP contribution < -0.4 is 0 Å². The van der Waals surface area contributed by atoms with Crippen LogP contribution in [0.4, 0.5) is 4.79 Å². The Morgan fingerprint density at radius 2 is 2.46 bits per heavy atom. The number of methoxy groups -OCH3 is 1. The van der Waals surface area contributed by atoms with Crippen molar-refractivity contribution in [3.05, 3.63) is 12.2 Å². The minimum absolute atomic E-state index is 0.0459. The molecule has 0 aromatic heterocycles. The zero-order chi connectivity index (χ0) is 9.84. The molecular weight excluding hydrogens is 170 g/mol. The van der Waals surface area contributed by atoms with Crippen LogP contribution in [0.15, 0.2) is 12.2 Å². The summed E-state index contributed by atoms with van der Waals surface area (Å²) >= 11 is 0. The summed E-state index contributed by atoms with van der Waals surface area (Å²) in [6, 6.07) is 0. The van der Waals surface area contributed by atoms with Gasteiger partial charge in [-0.1, -0.05) is 6.08 Å². The van der Waals surface area contributed by atoms with Gasteiger partial charge in [-0.05, 0) is 19.9 Å². The maximum Gasteiger partial charge on any atom is 0.412 e. The number of carbonyl (C=O) groups excluding carboxylic acids is 1. The van der Waals surface area contributed by atoms with E-state index in [0.29, 0.717) is 6.54 Å². The summed E-state index contributed by atoms with van der Waals surface area (Å²) in [5.74, 6) is 0. The van der Waals surface area contributed by atoms with Crippen molar-refractivity contribution in [3.8, 4) is 0 Å². The summed E-state index contributed by atoms with van der Waals surface area (Å²) in [4.78, 5) is 12.8. The van der Waals surface area contributed by atoms with E-state index >= 15 is 0 Å².